The van der Waals surface area contributed by atoms with Crippen molar-refractivity contribution in [3.05, 3.63) is 35.4 Å². The van der Waals surface area contributed by atoms with Gasteiger partial charge in [-0.2, -0.15) is 0 Å². The van der Waals surface area contributed by atoms with E-state index in [0.29, 0.717) is 13.2 Å². The Labute approximate surface area is 143 Å². The molecule has 0 aromatic heterocycles. The van der Waals surface area contributed by atoms with Crippen molar-refractivity contribution in [2.75, 3.05) is 32.9 Å². The molecule has 2 saturated heterocycles. The molecule has 0 aliphatic carbocycles. The lowest BCUT2D eigenvalue weighted by molar-refractivity contribution is -0.154. The molecule has 5 heteroatoms. The zero-order chi connectivity index (χ0) is 17.0. The highest BCUT2D eigenvalue weighted by molar-refractivity contribution is 5.94. The van der Waals surface area contributed by atoms with E-state index in [1.54, 1.807) is 0 Å². The van der Waals surface area contributed by atoms with Crippen molar-refractivity contribution in [1.82, 2.24) is 4.90 Å². The molecule has 1 unspecified atom stereocenters. The van der Waals surface area contributed by atoms with Crippen LogP contribution in [0.1, 0.15) is 41.6 Å². The van der Waals surface area contributed by atoms with Crippen molar-refractivity contribution in [1.29, 1.82) is 0 Å². The van der Waals surface area contributed by atoms with Crippen molar-refractivity contribution in [3.63, 3.8) is 0 Å². The van der Waals surface area contributed by atoms with Crippen LogP contribution in [0, 0.1) is 6.92 Å². The number of carbonyl (C=O) groups excluding carboxylic acids is 1. The Balaban J connectivity index is 1.58. The van der Waals surface area contributed by atoms with Gasteiger partial charge in [-0.25, -0.2) is 0 Å². The summed E-state index contributed by atoms with van der Waals surface area (Å²) in [6.45, 7) is 4.59. The molecule has 1 spiro atoms. The van der Waals surface area contributed by atoms with Gasteiger partial charge in [0.15, 0.2) is 0 Å². The predicted octanol–water partition coefficient (Wildman–Crippen LogP) is 2.16. The maximum Gasteiger partial charge on any atom is 0.253 e. The Morgan fingerprint density at radius 3 is 2.92 bits per heavy atom. The van der Waals surface area contributed by atoms with Crippen LogP contribution in [0.4, 0.5) is 0 Å². The third-order valence-corrected chi connectivity index (χ3v) is 5.12. The largest absolute Gasteiger partial charge is 0.394 e. The lowest BCUT2D eigenvalue weighted by Crippen LogP contribution is -2.52. The summed E-state index contributed by atoms with van der Waals surface area (Å²) in [5.74, 6) is 0.109. The maximum absolute atomic E-state index is 12.7. The zero-order valence-electron chi connectivity index (χ0n) is 14.4. The van der Waals surface area contributed by atoms with Crippen LogP contribution >= 0.6 is 0 Å². The molecule has 1 atom stereocenters. The van der Waals surface area contributed by atoms with E-state index in [0.717, 1.165) is 49.9 Å². The molecule has 5 nitrogen and oxygen atoms in total. The quantitative estimate of drug-likeness (QED) is 0.917. The van der Waals surface area contributed by atoms with E-state index < -0.39 is 0 Å². The fraction of sp³-hybridized carbons (Fsp3) is 0.632. The standard InChI is InChI=1S/C19H27NO4/c1-15-3-2-4-16(13-15)18(22)20-8-6-19(7-9-20)14-17(5-11-24-19)23-12-10-21/h2-4,13,17,21H,5-12,14H2,1H3. The predicted molar refractivity (Wildman–Crippen MR) is 91.1 cm³/mol. The van der Waals surface area contributed by atoms with Crippen molar-refractivity contribution in [2.45, 2.75) is 44.3 Å². The first kappa shape index (κ1) is 17.4. The summed E-state index contributed by atoms with van der Waals surface area (Å²) < 4.78 is 11.8. The minimum atomic E-state index is -0.165. The van der Waals surface area contributed by atoms with Gasteiger partial charge in [0.25, 0.3) is 5.91 Å². The number of rotatable bonds is 4. The number of piperidine rings is 1. The summed E-state index contributed by atoms with van der Waals surface area (Å²) in [4.78, 5) is 14.6. The van der Waals surface area contributed by atoms with E-state index in [-0.39, 0.29) is 24.2 Å². The first-order valence-electron chi connectivity index (χ1n) is 8.84. The maximum atomic E-state index is 12.7. The average Bonchev–Trinajstić information content (AvgIpc) is 2.60. The van der Waals surface area contributed by atoms with E-state index in [9.17, 15) is 4.79 Å². The number of aliphatic hydroxyl groups is 1. The third-order valence-electron chi connectivity index (χ3n) is 5.12. The Hall–Kier alpha value is -1.43. The smallest absolute Gasteiger partial charge is 0.253 e. The summed E-state index contributed by atoms with van der Waals surface area (Å²) in [5, 5.41) is 8.92. The first-order chi connectivity index (χ1) is 11.6. The van der Waals surface area contributed by atoms with Crippen molar-refractivity contribution < 1.29 is 19.4 Å². The number of nitrogens with zero attached hydrogens (tertiary/aromatic N) is 1. The summed E-state index contributed by atoms with van der Waals surface area (Å²) in [6.07, 6.45) is 3.60. The summed E-state index contributed by atoms with van der Waals surface area (Å²) >= 11 is 0. The van der Waals surface area contributed by atoms with Gasteiger partial charge in [0.1, 0.15) is 0 Å². The second kappa shape index (κ2) is 7.64. The van der Waals surface area contributed by atoms with Gasteiger partial charge in [-0.05, 0) is 38.3 Å². The van der Waals surface area contributed by atoms with Crippen LogP contribution in [0.3, 0.4) is 0 Å². The average molecular weight is 333 g/mol. The van der Waals surface area contributed by atoms with Crippen LogP contribution in [0.2, 0.25) is 0 Å². The molecule has 2 aliphatic heterocycles. The Morgan fingerprint density at radius 1 is 1.42 bits per heavy atom. The van der Waals surface area contributed by atoms with Crippen molar-refractivity contribution in [2.24, 2.45) is 0 Å². The van der Waals surface area contributed by atoms with Crippen LogP contribution in [0.5, 0.6) is 0 Å². The number of benzene rings is 1. The van der Waals surface area contributed by atoms with Crippen molar-refractivity contribution >= 4 is 5.91 Å². The van der Waals surface area contributed by atoms with E-state index in [1.807, 2.05) is 36.1 Å². The Kier molecular flexibility index (Phi) is 5.54. The highest BCUT2D eigenvalue weighted by Gasteiger charge is 2.41. The number of likely N-dealkylation sites (tertiary alicyclic amines) is 1. The minimum Gasteiger partial charge on any atom is -0.394 e. The molecule has 2 aliphatic rings. The molecule has 132 valence electrons. The second-order valence-corrected chi connectivity index (χ2v) is 6.90. The van der Waals surface area contributed by atoms with Crippen LogP contribution in [0.25, 0.3) is 0 Å². The number of aryl methyl sites for hydroxylation is 1. The van der Waals surface area contributed by atoms with E-state index in [1.165, 1.54) is 0 Å². The third kappa shape index (κ3) is 3.97. The Morgan fingerprint density at radius 2 is 2.21 bits per heavy atom. The molecule has 0 saturated carbocycles. The highest BCUT2D eigenvalue weighted by atomic mass is 16.5. The first-order valence-corrected chi connectivity index (χ1v) is 8.84. The molecule has 1 N–H and O–H groups in total. The van der Waals surface area contributed by atoms with Gasteiger partial charge in [-0.1, -0.05) is 17.7 Å². The number of hydrogen-bond acceptors (Lipinski definition) is 4. The molecular formula is C19H27NO4. The van der Waals surface area contributed by atoms with Crippen LogP contribution < -0.4 is 0 Å². The van der Waals surface area contributed by atoms with Gasteiger partial charge in [-0.3, -0.25) is 4.79 Å². The molecule has 2 heterocycles. The molecule has 24 heavy (non-hydrogen) atoms. The van der Waals surface area contributed by atoms with Gasteiger partial charge in [-0.15, -0.1) is 0 Å². The highest BCUT2D eigenvalue weighted by Crippen LogP contribution is 2.36. The van der Waals surface area contributed by atoms with E-state index in [2.05, 4.69) is 0 Å². The summed E-state index contributed by atoms with van der Waals surface area (Å²) in [7, 11) is 0. The molecule has 1 amide bonds. The number of aliphatic hydroxyl groups excluding tert-OH is 1. The molecule has 0 bridgehead atoms. The normalized spacial score (nSPS) is 23.4. The van der Waals surface area contributed by atoms with E-state index >= 15 is 0 Å². The zero-order valence-corrected chi connectivity index (χ0v) is 14.4. The fourth-order valence-electron chi connectivity index (χ4n) is 3.77. The molecular weight excluding hydrogens is 306 g/mol. The molecule has 1 aromatic carbocycles. The topological polar surface area (TPSA) is 59.0 Å². The summed E-state index contributed by atoms with van der Waals surface area (Å²) in [6, 6.07) is 7.77. The summed E-state index contributed by atoms with van der Waals surface area (Å²) in [5.41, 5.74) is 1.70. The number of hydrogen-bond donors (Lipinski definition) is 1. The van der Waals surface area contributed by atoms with Crippen molar-refractivity contribution in [3.8, 4) is 0 Å². The molecule has 3 rings (SSSR count). The number of ether oxygens (including phenoxy) is 2. The van der Waals surface area contributed by atoms with Gasteiger partial charge in [0.05, 0.1) is 24.9 Å². The van der Waals surface area contributed by atoms with Gasteiger partial charge >= 0.3 is 0 Å². The molecule has 1 aromatic rings. The van der Waals surface area contributed by atoms with E-state index in [4.69, 9.17) is 14.6 Å². The lowest BCUT2D eigenvalue weighted by atomic mass is 9.83. The van der Waals surface area contributed by atoms with Crippen LogP contribution in [-0.2, 0) is 9.47 Å². The van der Waals surface area contributed by atoms with Crippen LogP contribution in [-0.4, -0.2) is 60.5 Å². The second-order valence-electron chi connectivity index (χ2n) is 6.90. The number of carbonyl (C=O) groups is 1. The van der Waals surface area contributed by atoms with Crippen LogP contribution in [0.15, 0.2) is 24.3 Å². The van der Waals surface area contributed by atoms with Gasteiger partial charge < -0.3 is 19.5 Å². The molecule has 0 radical (unpaired) electrons. The van der Waals surface area contributed by atoms with Gasteiger partial charge in [0.2, 0.25) is 0 Å². The fourth-order valence-corrected chi connectivity index (χ4v) is 3.77. The Bertz CT molecular complexity index is 566. The minimum absolute atomic E-state index is 0.0587. The monoisotopic (exact) mass is 333 g/mol. The lowest BCUT2D eigenvalue weighted by Gasteiger charge is -2.46. The van der Waals surface area contributed by atoms with Gasteiger partial charge in [0, 0.05) is 31.7 Å². The number of amides is 1. The SMILES string of the molecule is Cc1cccc(C(=O)N2CCC3(CC2)CC(OCCO)CCO3)c1. The molecule has 2 fully saturated rings.